The molecule has 0 fully saturated rings. The minimum atomic E-state index is -3.76. The highest BCUT2D eigenvalue weighted by Crippen LogP contribution is 2.40. The van der Waals surface area contributed by atoms with Gasteiger partial charge in [-0.1, -0.05) is 41.4 Å². The first-order chi connectivity index (χ1) is 15.2. The number of nitrogens with two attached hydrogens (primary N) is 1. The van der Waals surface area contributed by atoms with E-state index in [1.54, 1.807) is 36.4 Å². The predicted octanol–water partition coefficient (Wildman–Crippen LogP) is 5.18. The molecule has 4 rings (SSSR count). The molecule has 32 heavy (non-hydrogen) atoms. The molecule has 7 nitrogen and oxygen atoms in total. The second kappa shape index (κ2) is 8.48. The molecule has 0 aliphatic heterocycles. The van der Waals surface area contributed by atoms with Crippen LogP contribution < -0.4 is 10.5 Å². The third-order valence-electron chi connectivity index (χ3n) is 4.82. The molecule has 3 aromatic carbocycles. The molecular formula is C22H16Cl2N2O5S. The first-order valence-corrected chi connectivity index (χ1v) is 11.5. The van der Waals surface area contributed by atoms with Crippen molar-refractivity contribution in [2.24, 2.45) is 5.73 Å². The van der Waals surface area contributed by atoms with Crippen molar-refractivity contribution in [3.63, 3.8) is 0 Å². The molecule has 0 aliphatic carbocycles. The van der Waals surface area contributed by atoms with Crippen molar-refractivity contribution < 1.29 is 23.1 Å². The van der Waals surface area contributed by atoms with Crippen LogP contribution in [0.25, 0.3) is 10.9 Å². The monoisotopic (exact) mass is 490 g/mol. The van der Waals surface area contributed by atoms with Crippen LogP contribution in [0.2, 0.25) is 10.0 Å². The Morgan fingerprint density at radius 2 is 1.69 bits per heavy atom. The lowest BCUT2D eigenvalue weighted by atomic mass is 10.1. The van der Waals surface area contributed by atoms with Crippen LogP contribution in [0.15, 0.2) is 76.7 Å². The largest absolute Gasteiger partial charge is 0.480 e. The first kappa shape index (κ1) is 22.2. The van der Waals surface area contributed by atoms with E-state index in [0.717, 1.165) is 0 Å². The van der Waals surface area contributed by atoms with E-state index in [2.05, 4.69) is 4.98 Å². The molecule has 0 saturated carbocycles. The Labute approximate surface area is 193 Å². The fourth-order valence-corrected chi connectivity index (χ4v) is 5.23. The van der Waals surface area contributed by atoms with Gasteiger partial charge in [0.1, 0.15) is 11.8 Å². The lowest BCUT2D eigenvalue weighted by Crippen LogP contribution is -2.20. The summed E-state index contributed by atoms with van der Waals surface area (Å²) in [6.07, 6.45) is 1.43. The van der Waals surface area contributed by atoms with Gasteiger partial charge >= 0.3 is 5.97 Å². The minimum Gasteiger partial charge on any atom is -0.480 e. The molecule has 0 spiro atoms. The third-order valence-corrected chi connectivity index (χ3v) is 7.20. The maximum atomic E-state index is 13.1. The van der Waals surface area contributed by atoms with Gasteiger partial charge in [-0.25, -0.2) is 8.42 Å². The van der Waals surface area contributed by atoms with Crippen molar-refractivity contribution in [2.75, 3.05) is 0 Å². The minimum absolute atomic E-state index is 0.0653. The first-order valence-electron chi connectivity index (χ1n) is 9.25. The van der Waals surface area contributed by atoms with Crippen molar-refractivity contribution in [1.29, 1.82) is 0 Å². The van der Waals surface area contributed by atoms with E-state index in [-0.39, 0.29) is 31.1 Å². The molecule has 0 radical (unpaired) electrons. The number of hydrogen-bond donors (Lipinski definition) is 3. The number of aromatic amines is 1. The Balaban J connectivity index is 1.73. The Hall–Kier alpha value is -3.04. The van der Waals surface area contributed by atoms with Gasteiger partial charge in [0.15, 0.2) is 5.75 Å². The summed E-state index contributed by atoms with van der Waals surface area (Å²) in [6.45, 7) is 0. The maximum absolute atomic E-state index is 13.1. The molecule has 0 aliphatic rings. The molecule has 0 amide bonds. The number of sulfone groups is 1. The van der Waals surface area contributed by atoms with Crippen molar-refractivity contribution in [1.82, 2.24) is 4.98 Å². The summed E-state index contributed by atoms with van der Waals surface area (Å²) in [5.74, 6) is -0.839. The molecule has 0 bridgehead atoms. The summed E-state index contributed by atoms with van der Waals surface area (Å²) in [5, 5.41) is 9.65. The Kier molecular flexibility index (Phi) is 5.87. The van der Waals surface area contributed by atoms with Crippen LogP contribution >= 0.6 is 23.2 Å². The summed E-state index contributed by atoms with van der Waals surface area (Å²) >= 11 is 12.5. The highest BCUT2D eigenvalue weighted by atomic mass is 35.5. The van der Waals surface area contributed by atoms with Crippen LogP contribution in [-0.4, -0.2) is 24.5 Å². The van der Waals surface area contributed by atoms with E-state index in [0.29, 0.717) is 16.7 Å². The van der Waals surface area contributed by atoms with Crippen molar-refractivity contribution in [2.45, 2.75) is 15.8 Å². The summed E-state index contributed by atoms with van der Waals surface area (Å²) < 4.78 is 32.0. The number of fused-ring (bicyclic) bond motifs is 1. The van der Waals surface area contributed by atoms with Gasteiger partial charge in [-0.05, 0) is 48.0 Å². The number of rotatable bonds is 6. The zero-order chi connectivity index (χ0) is 23.0. The number of H-pyrrole nitrogens is 1. The van der Waals surface area contributed by atoms with E-state index in [1.807, 2.05) is 0 Å². The van der Waals surface area contributed by atoms with Gasteiger partial charge in [-0.2, -0.15) is 0 Å². The Bertz CT molecular complexity index is 1410. The van der Waals surface area contributed by atoms with Crippen molar-refractivity contribution in [3.8, 4) is 11.5 Å². The van der Waals surface area contributed by atoms with Gasteiger partial charge in [-0.3, -0.25) is 4.79 Å². The molecule has 0 saturated heterocycles. The lowest BCUT2D eigenvalue weighted by molar-refractivity contribution is -0.138. The molecule has 164 valence electrons. The standard InChI is InChI=1S/C22H16Cl2N2O5S/c23-16-8-12(20(25)22(27)28)9-17(24)21(16)31-13-6-7-18-15(10-13)19(11-26-18)32(29,30)14-4-2-1-3-5-14/h1-11,20,26H,25H2,(H,27,28). The van der Waals surface area contributed by atoms with Crippen molar-refractivity contribution >= 4 is 49.9 Å². The normalized spacial score (nSPS) is 12.6. The summed E-state index contributed by atoms with van der Waals surface area (Å²) in [6, 6.07) is 14.4. The van der Waals surface area contributed by atoms with E-state index < -0.39 is 21.8 Å². The Morgan fingerprint density at radius 1 is 1.03 bits per heavy atom. The van der Waals surface area contributed by atoms with Crippen LogP contribution in [-0.2, 0) is 14.6 Å². The number of aromatic nitrogens is 1. The summed E-state index contributed by atoms with van der Waals surface area (Å²) in [5.41, 5.74) is 6.44. The second-order valence-electron chi connectivity index (χ2n) is 6.91. The zero-order valence-corrected chi connectivity index (χ0v) is 18.6. The molecule has 10 heteroatoms. The molecule has 4 N–H and O–H groups in total. The number of ether oxygens (including phenoxy) is 1. The smallest absolute Gasteiger partial charge is 0.325 e. The van der Waals surface area contributed by atoms with E-state index in [4.69, 9.17) is 38.8 Å². The predicted molar refractivity (Wildman–Crippen MR) is 121 cm³/mol. The van der Waals surface area contributed by atoms with Gasteiger partial charge < -0.3 is 20.6 Å². The number of halogens is 2. The molecule has 1 aromatic heterocycles. The zero-order valence-electron chi connectivity index (χ0n) is 16.2. The average molecular weight is 491 g/mol. The topological polar surface area (TPSA) is 122 Å². The number of aliphatic carboxylic acids is 1. The average Bonchev–Trinajstić information content (AvgIpc) is 3.20. The number of carbonyl (C=O) groups is 1. The quantitative estimate of drug-likeness (QED) is 0.342. The SMILES string of the molecule is NC(C(=O)O)c1cc(Cl)c(Oc2ccc3[nH]cc(S(=O)(=O)c4ccccc4)c3c2)c(Cl)c1. The molecular weight excluding hydrogens is 475 g/mol. The highest BCUT2D eigenvalue weighted by molar-refractivity contribution is 7.91. The lowest BCUT2D eigenvalue weighted by Gasteiger charge is -2.13. The highest BCUT2D eigenvalue weighted by Gasteiger charge is 2.23. The molecule has 4 aromatic rings. The van der Waals surface area contributed by atoms with Gasteiger partial charge in [0.05, 0.1) is 19.8 Å². The number of carboxylic acid groups (broad SMARTS) is 1. The Morgan fingerprint density at radius 3 is 2.31 bits per heavy atom. The second-order valence-corrected chi connectivity index (χ2v) is 9.64. The van der Waals surface area contributed by atoms with Crippen LogP contribution in [0.4, 0.5) is 0 Å². The number of carboxylic acids is 1. The molecule has 1 heterocycles. The van der Waals surface area contributed by atoms with E-state index in [9.17, 15) is 13.2 Å². The summed E-state index contributed by atoms with van der Waals surface area (Å²) in [7, 11) is -3.76. The third kappa shape index (κ3) is 4.05. The van der Waals surface area contributed by atoms with Gasteiger partial charge in [0.2, 0.25) is 9.84 Å². The molecule has 1 unspecified atom stereocenters. The van der Waals surface area contributed by atoms with Crippen molar-refractivity contribution in [3.05, 3.63) is 82.5 Å². The van der Waals surface area contributed by atoms with Crippen LogP contribution in [0.3, 0.4) is 0 Å². The van der Waals surface area contributed by atoms with Gasteiger partial charge in [0, 0.05) is 17.1 Å². The van der Waals surface area contributed by atoms with E-state index >= 15 is 0 Å². The van der Waals surface area contributed by atoms with Crippen LogP contribution in [0.1, 0.15) is 11.6 Å². The molecule has 1 atom stereocenters. The maximum Gasteiger partial charge on any atom is 0.325 e. The van der Waals surface area contributed by atoms with Gasteiger partial charge in [0.25, 0.3) is 0 Å². The van der Waals surface area contributed by atoms with E-state index in [1.165, 1.54) is 30.5 Å². The fourth-order valence-electron chi connectivity index (χ4n) is 3.20. The number of benzene rings is 3. The summed E-state index contributed by atoms with van der Waals surface area (Å²) in [4.78, 5) is 14.3. The number of hydrogen-bond acceptors (Lipinski definition) is 5. The van der Waals surface area contributed by atoms with Crippen LogP contribution in [0.5, 0.6) is 11.5 Å². The fraction of sp³-hybridized carbons (Fsp3) is 0.0455. The number of nitrogens with one attached hydrogen (secondary N) is 1. The van der Waals surface area contributed by atoms with Crippen LogP contribution in [0, 0.1) is 0 Å². The van der Waals surface area contributed by atoms with Gasteiger partial charge in [-0.15, -0.1) is 0 Å².